The SMILES string of the molecule is CC(C)(O)c1nc(C#N)c2ccccn12. The lowest BCUT2D eigenvalue weighted by molar-refractivity contribution is 0.0681. The molecule has 15 heavy (non-hydrogen) atoms. The fraction of sp³-hybridized carbons (Fsp3) is 0.273. The van der Waals surface area contributed by atoms with Gasteiger partial charge in [0.2, 0.25) is 0 Å². The summed E-state index contributed by atoms with van der Waals surface area (Å²) in [4.78, 5) is 4.13. The van der Waals surface area contributed by atoms with E-state index in [9.17, 15) is 5.11 Å². The van der Waals surface area contributed by atoms with E-state index < -0.39 is 5.60 Å². The first-order valence-electron chi connectivity index (χ1n) is 4.64. The molecule has 4 nitrogen and oxygen atoms in total. The van der Waals surface area contributed by atoms with E-state index in [1.54, 1.807) is 30.5 Å². The van der Waals surface area contributed by atoms with Crippen LogP contribution >= 0.6 is 0 Å². The zero-order valence-electron chi connectivity index (χ0n) is 8.60. The standard InChI is InChI=1S/C11H11N3O/c1-11(2,15)10-13-8(7-12)9-5-3-4-6-14(9)10/h3-6,15H,1-2H3. The van der Waals surface area contributed by atoms with Crippen LogP contribution in [0.25, 0.3) is 5.52 Å². The minimum Gasteiger partial charge on any atom is -0.382 e. The molecule has 0 spiro atoms. The van der Waals surface area contributed by atoms with Crippen LogP contribution in [0, 0.1) is 11.3 Å². The Balaban J connectivity index is 2.84. The zero-order valence-corrected chi connectivity index (χ0v) is 8.60. The Morgan fingerprint density at radius 2 is 2.20 bits per heavy atom. The molecule has 2 heterocycles. The van der Waals surface area contributed by atoms with Crippen molar-refractivity contribution in [3.05, 3.63) is 35.9 Å². The molecule has 0 aliphatic heterocycles. The summed E-state index contributed by atoms with van der Waals surface area (Å²) in [6.07, 6.45) is 1.79. The summed E-state index contributed by atoms with van der Waals surface area (Å²) in [5, 5.41) is 18.8. The van der Waals surface area contributed by atoms with Crippen LogP contribution in [0.15, 0.2) is 24.4 Å². The predicted molar refractivity (Wildman–Crippen MR) is 55.2 cm³/mol. The van der Waals surface area contributed by atoms with Crippen molar-refractivity contribution in [2.45, 2.75) is 19.4 Å². The second kappa shape index (κ2) is 3.07. The van der Waals surface area contributed by atoms with Crippen molar-refractivity contribution < 1.29 is 5.11 Å². The fourth-order valence-corrected chi connectivity index (χ4v) is 1.55. The van der Waals surface area contributed by atoms with Gasteiger partial charge in [0.15, 0.2) is 5.69 Å². The summed E-state index contributed by atoms with van der Waals surface area (Å²) in [5.41, 5.74) is 0.00387. The number of rotatable bonds is 1. The summed E-state index contributed by atoms with van der Waals surface area (Å²) in [5.74, 6) is 0.481. The molecular formula is C11H11N3O. The lowest BCUT2D eigenvalue weighted by Gasteiger charge is -2.15. The van der Waals surface area contributed by atoms with Crippen molar-refractivity contribution in [2.75, 3.05) is 0 Å². The van der Waals surface area contributed by atoms with Gasteiger partial charge in [-0.1, -0.05) is 6.07 Å². The van der Waals surface area contributed by atoms with Gasteiger partial charge < -0.3 is 5.11 Å². The van der Waals surface area contributed by atoms with Crippen LogP contribution in [0.3, 0.4) is 0 Å². The second-order valence-corrected chi connectivity index (χ2v) is 3.91. The molecule has 0 amide bonds. The van der Waals surface area contributed by atoms with E-state index in [2.05, 4.69) is 4.98 Å². The van der Waals surface area contributed by atoms with Gasteiger partial charge in [0, 0.05) is 6.20 Å². The number of aliphatic hydroxyl groups is 1. The summed E-state index contributed by atoms with van der Waals surface area (Å²) in [6.45, 7) is 3.30. The van der Waals surface area contributed by atoms with Crippen molar-refractivity contribution in [3.63, 3.8) is 0 Å². The van der Waals surface area contributed by atoms with Gasteiger partial charge in [0.05, 0.1) is 5.52 Å². The summed E-state index contributed by atoms with van der Waals surface area (Å²) in [7, 11) is 0. The van der Waals surface area contributed by atoms with Gasteiger partial charge in [0.25, 0.3) is 0 Å². The van der Waals surface area contributed by atoms with Crippen LogP contribution in [-0.2, 0) is 5.60 Å². The molecule has 0 atom stereocenters. The molecule has 0 aliphatic rings. The number of fused-ring (bicyclic) bond motifs is 1. The van der Waals surface area contributed by atoms with Crippen LogP contribution in [0.2, 0.25) is 0 Å². The number of aromatic nitrogens is 2. The van der Waals surface area contributed by atoms with Crippen LogP contribution in [0.4, 0.5) is 0 Å². The Labute approximate surface area is 87.4 Å². The van der Waals surface area contributed by atoms with Gasteiger partial charge in [-0.15, -0.1) is 0 Å². The van der Waals surface area contributed by atoms with Crippen molar-refractivity contribution in [3.8, 4) is 6.07 Å². The minimum atomic E-state index is -1.06. The molecule has 2 aromatic rings. The molecule has 0 aliphatic carbocycles. The normalized spacial score (nSPS) is 11.6. The first-order chi connectivity index (χ1) is 7.04. The largest absolute Gasteiger partial charge is 0.382 e. The fourth-order valence-electron chi connectivity index (χ4n) is 1.55. The molecule has 2 aromatic heterocycles. The van der Waals surface area contributed by atoms with E-state index in [0.29, 0.717) is 11.5 Å². The molecule has 0 saturated carbocycles. The highest BCUT2D eigenvalue weighted by molar-refractivity contribution is 5.58. The lowest BCUT2D eigenvalue weighted by Crippen LogP contribution is -2.19. The molecule has 0 radical (unpaired) electrons. The van der Waals surface area contributed by atoms with Crippen LogP contribution in [0.5, 0.6) is 0 Å². The molecule has 0 aromatic carbocycles. The molecule has 0 fully saturated rings. The average molecular weight is 201 g/mol. The number of hydrogen-bond acceptors (Lipinski definition) is 3. The number of imidazole rings is 1. The lowest BCUT2D eigenvalue weighted by atomic mass is 10.1. The number of nitrogens with zero attached hydrogens (tertiary/aromatic N) is 3. The van der Waals surface area contributed by atoms with Gasteiger partial charge in [-0.2, -0.15) is 5.26 Å². The van der Waals surface area contributed by atoms with Crippen molar-refractivity contribution in [1.29, 1.82) is 5.26 Å². The Kier molecular flexibility index (Phi) is 1.98. The number of nitriles is 1. The van der Waals surface area contributed by atoms with Crippen LogP contribution in [-0.4, -0.2) is 14.5 Å². The Morgan fingerprint density at radius 1 is 1.47 bits per heavy atom. The number of pyridine rings is 1. The maximum Gasteiger partial charge on any atom is 0.166 e. The quantitative estimate of drug-likeness (QED) is 0.759. The third kappa shape index (κ3) is 1.47. The smallest absolute Gasteiger partial charge is 0.166 e. The first-order valence-corrected chi connectivity index (χ1v) is 4.64. The van der Waals surface area contributed by atoms with E-state index >= 15 is 0 Å². The molecule has 0 unspecified atom stereocenters. The second-order valence-electron chi connectivity index (χ2n) is 3.91. The molecule has 4 heteroatoms. The van der Waals surface area contributed by atoms with E-state index in [0.717, 1.165) is 5.52 Å². The summed E-state index contributed by atoms with van der Waals surface area (Å²) < 4.78 is 1.73. The monoisotopic (exact) mass is 201 g/mol. The highest BCUT2D eigenvalue weighted by Crippen LogP contribution is 2.21. The first kappa shape index (κ1) is 9.69. The van der Waals surface area contributed by atoms with Crippen molar-refractivity contribution >= 4 is 5.52 Å². The van der Waals surface area contributed by atoms with Crippen molar-refractivity contribution in [2.24, 2.45) is 0 Å². The van der Waals surface area contributed by atoms with Gasteiger partial charge in [-0.25, -0.2) is 4.98 Å². The van der Waals surface area contributed by atoms with Gasteiger partial charge >= 0.3 is 0 Å². The van der Waals surface area contributed by atoms with Crippen LogP contribution in [0.1, 0.15) is 25.4 Å². The number of hydrogen-bond donors (Lipinski definition) is 1. The molecule has 2 rings (SSSR count). The molecule has 0 bridgehead atoms. The van der Waals surface area contributed by atoms with E-state index in [1.165, 1.54) is 0 Å². The predicted octanol–water partition coefficient (Wildman–Crippen LogP) is 1.43. The maximum absolute atomic E-state index is 9.90. The highest BCUT2D eigenvalue weighted by atomic mass is 16.3. The molecule has 0 saturated heterocycles. The Bertz CT molecular complexity index is 543. The average Bonchev–Trinajstić information content (AvgIpc) is 2.55. The van der Waals surface area contributed by atoms with Crippen LogP contribution < -0.4 is 0 Å². The van der Waals surface area contributed by atoms with E-state index in [-0.39, 0.29) is 0 Å². The highest BCUT2D eigenvalue weighted by Gasteiger charge is 2.23. The zero-order chi connectivity index (χ0) is 11.1. The van der Waals surface area contributed by atoms with Gasteiger partial charge in [0.1, 0.15) is 17.5 Å². The third-order valence-electron chi connectivity index (χ3n) is 2.20. The summed E-state index contributed by atoms with van der Waals surface area (Å²) >= 11 is 0. The third-order valence-corrected chi connectivity index (χ3v) is 2.20. The molecule has 76 valence electrons. The van der Waals surface area contributed by atoms with Gasteiger partial charge in [-0.05, 0) is 26.0 Å². The molecular weight excluding hydrogens is 190 g/mol. The maximum atomic E-state index is 9.90. The van der Waals surface area contributed by atoms with Crippen molar-refractivity contribution in [1.82, 2.24) is 9.38 Å². The Hall–Kier alpha value is -1.86. The topological polar surface area (TPSA) is 61.3 Å². The van der Waals surface area contributed by atoms with E-state index in [4.69, 9.17) is 5.26 Å². The van der Waals surface area contributed by atoms with Gasteiger partial charge in [-0.3, -0.25) is 4.40 Å². The van der Waals surface area contributed by atoms with E-state index in [1.807, 2.05) is 18.2 Å². The summed E-state index contributed by atoms with van der Waals surface area (Å²) in [6, 6.07) is 7.50. The molecule has 1 N–H and O–H groups in total. The Morgan fingerprint density at radius 3 is 2.80 bits per heavy atom. The minimum absolute atomic E-state index is 0.340.